The zero-order valence-corrected chi connectivity index (χ0v) is 12.8. The van der Waals surface area contributed by atoms with Crippen molar-refractivity contribution in [3.63, 3.8) is 0 Å². The summed E-state index contributed by atoms with van der Waals surface area (Å²) < 4.78 is 4.60. The molecule has 1 aliphatic heterocycles. The minimum atomic E-state index is -0.320. The van der Waals surface area contributed by atoms with Crippen molar-refractivity contribution in [1.29, 1.82) is 0 Å². The van der Waals surface area contributed by atoms with Gasteiger partial charge in [0.2, 0.25) is 11.8 Å². The third-order valence-electron chi connectivity index (χ3n) is 4.25. The van der Waals surface area contributed by atoms with E-state index in [4.69, 9.17) is 0 Å². The molecule has 0 bridgehead atoms. The Hall–Kier alpha value is -1.59. The molecule has 118 valence electrons. The molecular formula is C15H24N2O4. The summed E-state index contributed by atoms with van der Waals surface area (Å²) in [5.74, 6) is 0.134. The van der Waals surface area contributed by atoms with E-state index in [1.807, 2.05) is 11.8 Å². The molecule has 0 radical (unpaired) electrons. The normalized spacial score (nSPS) is 21.5. The maximum Gasteiger partial charge on any atom is 0.307 e. The Bertz CT molecular complexity index is 420. The van der Waals surface area contributed by atoms with Crippen LogP contribution in [0.15, 0.2) is 0 Å². The van der Waals surface area contributed by atoms with Gasteiger partial charge in [-0.25, -0.2) is 0 Å². The van der Waals surface area contributed by atoms with Gasteiger partial charge >= 0.3 is 5.97 Å². The van der Waals surface area contributed by atoms with E-state index in [0.717, 1.165) is 6.54 Å². The lowest BCUT2D eigenvalue weighted by atomic mass is 10.1. The molecule has 21 heavy (non-hydrogen) atoms. The van der Waals surface area contributed by atoms with Crippen molar-refractivity contribution in [2.45, 2.75) is 32.6 Å². The van der Waals surface area contributed by atoms with Crippen molar-refractivity contribution in [2.75, 3.05) is 33.3 Å². The summed E-state index contributed by atoms with van der Waals surface area (Å²) in [6.45, 7) is 4.12. The lowest BCUT2D eigenvalue weighted by Gasteiger charge is -2.24. The van der Waals surface area contributed by atoms with Gasteiger partial charge in [-0.15, -0.1) is 0 Å². The fourth-order valence-corrected chi connectivity index (χ4v) is 2.74. The van der Waals surface area contributed by atoms with Gasteiger partial charge in [-0.3, -0.25) is 14.4 Å². The average molecular weight is 296 g/mol. The van der Waals surface area contributed by atoms with E-state index >= 15 is 0 Å². The summed E-state index contributed by atoms with van der Waals surface area (Å²) >= 11 is 0. The van der Waals surface area contributed by atoms with Gasteiger partial charge in [0.25, 0.3) is 0 Å². The second-order valence-electron chi connectivity index (χ2n) is 5.89. The van der Waals surface area contributed by atoms with Crippen LogP contribution in [0, 0.1) is 11.8 Å². The Morgan fingerprint density at radius 2 is 2.10 bits per heavy atom. The number of hydrogen-bond donors (Lipinski definition) is 0. The predicted octanol–water partition coefficient (Wildman–Crippen LogP) is 0.656. The van der Waals surface area contributed by atoms with Crippen LogP contribution in [0.25, 0.3) is 0 Å². The lowest BCUT2D eigenvalue weighted by Crippen LogP contribution is -2.38. The highest BCUT2D eigenvalue weighted by atomic mass is 16.5. The first-order chi connectivity index (χ1) is 10.0. The first-order valence-corrected chi connectivity index (χ1v) is 7.68. The zero-order valence-electron chi connectivity index (χ0n) is 12.8. The third kappa shape index (κ3) is 4.19. The van der Waals surface area contributed by atoms with Crippen LogP contribution < -0.4 is 0 Å². The van der Waals surface area contributed by atoms with Crippen LogP contribution in [0.1, 0.15) is 32.6 Å². The fraction of sp³-hybridized carbons (Fsp3) is 0.800. The molecule has 1 aliphatic carbocycles. The predicted molar refractivity (Wildman–Crippen MR) is 76.3 cm³/mol. The number of hydrogen-bond acceptors (Lipinski definition) is 4. The Balaban J connectivity index is 1.85. The lowest BCUT2D eigenvalue weighted by molar-refractivity contribution is -0.142. The summed E-state index contributed by atoms with van der Waals surface area (Å²) in [6, 6.07) is 0. The quantitative estimate of drug-likeness (QED) is 0.647. The molecule has 1 heterocycles. The van der Waals surface area contributed by atoms with Crippen LogP contribution in [0.5, 0.6) is 0 Å². The van der Waals surface area contributed by atoms with E-state index in [2.05, 4.69) is 4.74 Å². The Morgan fingerprint density at radius 1 is 1.38 bits per heavy atom. The molecule has 6 heteroatoms. The average Bonchev–Trinajstić information content (AvgIpc) is 3.22. The molecule has 2 aliphatic rings. The van der Waals surface area contributed by atoms with Gasteiger partial charge in [0.1, 0.15) is 0 Å². The number of carbonyl (C=O) groups is 3. The second kappa shape index (κ2) is 6.91. The van der Waals surface area contributed by atoms with Crippen LogP contribution in [0.3, 0.4) is 0 Å². The largest absolute Gasteiger partial charge is 0.469 e. The van der Waals surface area contributed by atoms with Crippen LogP contribution in [0.2, 0.25) is 0 Å². The number of ether oxygens (including phenoxy) is 1. The monoisotopic (exact) mass is 296 g/mol. The van der Waals surface area contributed by atoms with E-state index in [-0.39, 0.29) is 30.1 Å². The number of carbonyl (C=O) groups excluding carboxylic acids is 3. The third-order valence-corrected chi connectivity index (χ3v) is 4.25. The van der Waals surface area contributed by atoms with Gasteiger partial charge in [0.05, 0.1) is 19.4 Å². The number of esters is 1. The summed E-state index contributed by atoms with van der Waals surface area (Å²) in [7, 11) is 1.34. The summed E-state index contributed by atoms with van der Waals surface area (Å²) in [4.78, 5) is 39.1. The van der Waals surface area contributed by atoms with Crippen molar-refractivity contribution >= 4 is 17.8 Å². The highest BCUT2D eigenvalue weighted by molar-refractivity contribution is 5.89. The molecule has 0 aromatic heterocycles. The number of likely N-dealkylation sites (tertiary alicyclic amines) is 1. The maximum absolute atomic E-state index is 12.5. The molecule has 1 saturated carbocycles. The topological polar surface area (TPSA) is 66.9 Å². The van der Waals surface area contributed by atoms with Crippen LogP contribution in [-0.4, -0.2) is 60.9 Å². The van der Waals surface area contributed by atoms with Crippen LogP contribution >= 0.6 is 0 Å². The summed E-state index contributed by atoms with van der Waals surface area (Å²) in [5, 5.41) is 0. The SMILES string of the molecule is CCN(CCC(=O)OC)C(=O)C1CC(=O)N(CC2CC2)C1. The van der Waals surface area contributed by atoms with Gasteiger partial charge in [0.15, 0.2) is 0 Å². The molecule has 1 atom stereocenters. The smallest absolute Gasteiger partial charge is 0.307 e. The first-order valence-electron chi connectivity index (χ1n) is 7.68. The molecule has 6 nitrogen and oxygen atoms in total. The van der Waals surface area contributed by atoms with E-state index in [9.17, 15) is 14.4 Å². The molecule has 1 saturated heterocycles. The number of nitrogens with zero attached hydrogens (tertiary/aromatic N) is 2. The highest BCUT2D eigenvalue weighted by Gasteiger charge is 2.38. The van der Waals surface area contributed by atoms with Crippen molar-refractivity contribution in [2.24, 2.45) is 11.8 Å². The number of rotatable bonds is 7. The van der Waals surface area contributed by atoms with Gasteiger partial charge in [0, 0.05) is 32.6 Å². The second-order valence-corrected chi connectivity index (χ2v) is 5.89. The molecular weight excluding hydrogens is 272 g/mol. The molecule has 1 unspecified atom stereocenters. The van der Waals surface area contributed by atoms with Crippen molar-refractivity contribution in [3.05, 3.63) is 0 Å². The minimum absolute atomic E-state index is 0.0203. The Morgan fingerprint density at radius 3 is 2.67 bits per heavy atom. The molecule has 2 fully saturated rings. The highest BCUT2D eigenvalue weighted by Crippen LogP contribution is 2.32. The molecule has 0 spiro atoms. The summed E-state index contributed by atoms with van der Waals surface area (Å²) in [6.07, 6.45) is 2.90. The molecule has 0 aromatic rings. The van der Waals surface area contributed by atoms with Gasteiger partial charge in [-0.1, -0.05) is 0 Å². The Labute approximate surface area is 125 Å². The van der Waals surface area contributed by atoms with E-state index in [1.165, 1.54) is 20.0 Å². The van der Waals surface area contributed by atoms with Crippen LogP contribution in [0.4, 0.5) is 0 Å². The van der Waals surface area contributed by atoms with Crippen LogP contribution in [-0.2, 0) is 19.1 Å². The van der Waals surface area contributed by atoms with E-state index in [1.54, 1.807) is 4.90 Å². The van der Waals surface area contributed by atoms with E-state index < -0.39 is 0 Å². The number of amides is 2. The summed E-state index contributed by atoms with van der Waals surface area (Å²) in [5.41, 5.74) is 0. The fourth-order valence-electron chi connectivity index (χ4n) is 2.74. The van der Waals surface area contributed by atoms with Crippen molar-refractivity contribution in [1.82, 2.24) is 9.80 Å². The van der Waals surface area contributed by atoms with Crippen molar-refractivity contribution < 1.29 is 19.1 Å². The molecule has 2 rings (SSSR count). The van der Waals surface area contributed by atoms with Gasteiger partial charge in [-0.05, 0) is 25.7 Å². The maximum atomic E-state index is 12.5. The number of methoxy groups -OCH3 is 1. The van der Waals surface area contributed by atoms with E-state index in [0.29, 0.717) is 32.0 Å². The first kappa shape index (κ1) is 15.8. The molecule has 0 N–H and O–H groups in total. The van der Waals surface area contributed by atoms with Gasteiger partial charge in [-0.2, -0.15) is 0 Å². The van der Waals surface area contributed by atoms with Crippen molar-refractivity contribution in [3.8, 4) is 0 Å². The standard InChI is InChI=1S/C15H24N2O4/c1-3-16(7-6-14(19)21-2)15(20)12-8-13(18)17(10-12)9-11-4-5-11/h11-12H,3-10H2,1-2H3. The molecule has 2 amide bonds. The zero-order chi connectivity index (χ0) is 15.4. The molecule has 0 aromatic carbocycles. The minimum Gasteiger partial charge on any atom is -0.469 e. The van der Waals surface area contributed by atoms with Gasteiger partial charge < -0.3 is 14.5 Å². The Kier molecular flexibility index (Phi) is 5.20.